The summed E-state index contributed by atoms with van der Waals surface area (Å²) in [7, 11) is 0. The van der Waals surface area contributed by atoms with E-state index in [1.807, 2.05) is 0 Å². The Morgan fingerprint density at radius 1 is 1.33 bits per heavy atom. The minimum absolute atomic E-state index is 0.560. The maximum Gasteiger partial charge on any atom is 0.122 e. The van der Waals surface area contributed by atoms with Crippen LogP contribution in [0.5, 0.6) is 5.75 Å². The number of benzene rings is 1. The summed E-state index contributed by atoms with van der Waals surface area (Å²) in [5.74, 6) is 0.732. The van der Waals surface area contributed by atoms with Gasteiger partial charge in [-0.05, 0) is 25.1 Å². The fourth-order valence-electron chi connectivity index (χ4n) is 2.11. The molecular formula is C13H18Cl2N2O. The van der Waals surface area contributed by atoms with Gasteiger partial charge in [0, 0.05) is 42.3 Å². The van der Waals surface area contributed by atoms with Crippen molar-refractivity contribution in [3.63, 3.8) is 0 Å². The number of nitrogens with one attached hydrogen (secondary N) is 1. The zero-order chi connectivity index (χ0) is 13.0. The summed E-state index contributed by atoms with van der Waals surface area (Å²) < 4.78 is 5.69. The first kappa shape index (κ1) is 13.9. The molecule has 2 rings (SSSR count). The molecule has 3 nitrogen and oxygen atoms in total. The van der Waals surface area contributed by atoms with Crippen LogP contribution in [0.4, 0.5) is 0 Å². The van der Waals surface area contributed by atoms with Crippen molar-refractivity contribution in [2.75, 3.05) is 32.8 Å². The second-order valence-electron chi connectivity index (χ2n) is 4.54. The Balaban J connectivity index is 1.80. The molecule has 5 heteroatoms. The summed E-state index contributed by atoms with van der Waals surface area (Å²) >= 11 is 11.8. The molecule has 1 heterocycles. The molecule has 100 valence electrons. The molecule has 1 aromatic carbocycles. The fraction of sp³-hybridized carbons (Fsp3) is 0.538. The fourth-order valence-corrected chi connectivity index (χ4v) is 2.61. The van der Waals surface area contributed by atoms with Gasteiger partial charge in [0.05, 0.1) is 0 Å². The highest BCUT2D eigenvalue weighted by molar-refractivity contribution is 6.34. The number of hydrogen-bond donors (Lipinski definition) is 1. The maximum absolute atomic E-state index is 5.92. The molecular weight excluding hydrogens is 271 g/mol. The van der Waals surface area contributed by atoms with E-state index in [0.717, 1.165) is 31.9 Å². The highest BCUT2D eigenvalue weighted by Crippen LogP contribution is 2.24. The third kappa shape index (κ3) is 4.02. The van der Waals surface area contributed by atoms with Crippen LogP contribution in [0.1, 0.15) is 6.92 Å². The molecule has 1 aliphatic rings. The average Bonchev–Trinajstić information content (AvgIpc) is 2.30. The molecule has 0 unspecified atom stereocenters. The van der Waals surface area contributed by atoms with E-state index in [1.165, 1.54) is 0 Å². The van der Waals surface area contributed by atoms with Gasteiger partial charge < -0.3 is 10.1 Å². The van der Waals surface area contributed by atoms with Gasteiger partial charge in [0.1, 0.15) is 12.4 Å². The molecule has 0 amide bonds. The lowest BCUT2D eigenvalue weighted by Gasteiger charge is -2.33. The standard InChI is InChI=1S/C13H18Cl2N2O/c1-10-9-16-2-3-17(10)4-5-18-13-7-11(14)6-12(15)8-13/h6-8,10,16H,2-5,9H2,1H3/t10-/m0/s1. The normalized spacial score (nSPS) is 20.9. The average molecular weight is 289 g/mol. The van der Waals surface area contributed by atoms with Gasteiger partial charge in [0.15, 0.2) is 0 Å². The van der Waals surface area contributed by atoms with E-state index in [4.69, 9.17) is 27.9 Å². The second kappa shape index (κ2) is 6.62. The van der Waals surface area contributed by atoms with Crippen LogP contribution in [-0.4, -0.2) is 43.7 Å². The van der Waals surface area contributed by atoms with Gasteiger partial charge in [-0.1, -0.05) is 23.2 Å². The molecule has 1 aromatic rings. The van der Waals surface area contributed by atoms with Crippen LogP contribution in [0.25, 0.3) is 0 Å². The van der Waals surface area contributed by atoms with Crippen LogP contribution in [0.15, 0.2) is 18.2 Å². The molecule has 0 aromatic heterocycles. The molecule has 1 N–H and O–H groups in total. The van der Waals surface area contributed by atoms with Crippen molar-refractivity contribution >= 4 is 23.2 Å². The number of nitrogens with zero attached hydrogens (tertiary/aromatic N) is 1. The Kier molecular flexibility index (Phi) is 5.13. The van der Waals surface area contributed by atoms with E-state index in [1.54, 1.807) is 18.2 Å². The van der Waals surface area contributed by atoms with E-state index >= 15 is 0 Å². The van der Waals surface area contributed by atoms with Gasteiger partial charge in [-0.15, -0.1) is 0 Å². The maximum atomic E-state index is 5.92. The molecule has 0 radical (unpaired) electrons. The second-order valence-corrected chi connectivity index (χ2v) is 5.42. The predicted molar refractivity (Wildman–Crippen MR) is 75.9 cm³/mol. The highest BCUT2D eigenvalue weighted by Gasteiger charge is 2.17. The van der Waals surface area contributed by atoms with Crippen LogP contribution in [0.3, 0.4) is 0 Å². The lowest BCUT2D eigenvalue weighted by atomic mass is 10.2. The first-order chi connectivity index (χ1) is 8.65. The minimum Gasteiger partial charge on any atom is -0.492 e. The Bertz CT molecular complexity index is 380. The van der Waals surface area contributed by atoms with Crippen LogP contribution in [0, 0.1) is 0 Å². The monoisotopic (exact) mass is 288 g/mol. The van der Waals surface area contributed by atoms with E-state index in [0.29, 0.717) is 22.7 Å². The van der Waals surface area contributed by atoms with Gasteiger partial charge in [-0.25, -0.2) is 0 Å². The number of rotatable bonds is 4. The Morgan fingerprint density at radius 3 is 2.72 bits per heavy atom. The summed E-state index contributed by atoms with van der Waals surface area (Å²) in [6, 6.07) is 5.84. The zero-order valence-electron chi connectivity index (χ0n) is 10.5. The Hall–Kier alpha value is -0.480. The number of hydrogen-bond acceptors (Lipinski definition) is 3. The van der Waals surface area contributed by atoms with Crippen molar-refractivity contribution in [2.45, 2.75) is 13.0 Å². The Labute approximate surface area is 118 Å². The van der Waals surface area contributed by atoms with E-state index < -0.39 is 0 Å². The van der Waals surface area contributed by atoms with Crippen molar-refractivity contribution in [2.24, 2.45) is 0 Å². The largest absolute Gasteiger partial charge is 0.492 e. The molecule has 0 bridgehead atoms. The van der Waals surface area contributed by atoms with Crippen LogP contribution in [0.2, 0.25) is 10.0 Å². The molecule has 1 aliphatic heterocycles. The topological polar surface area (TPSA) is 24.5 Å². The lowest BCUT2D eigenvalue weighted by Crippen LogP contribution is -2.50. The molecule has 18 heavy (non-hydrogen) atoms. The van der Waals surface area contributed by atoms with Crippen molar-refractivity contribution in [1.82, 2.24) is 10.2 Å². The summed E-state index contributed by atoms with van der Waals surface area (Å²) in [4.78, 5) is 2.42. The van der Waals surface area contributed by atoms with Crippen LogP contribution >= 0.6 is 23.2 Å². The van der Waals surface area contributed by atoms with Crippen molar-refractivity contribution in [3.05, 3.63) is 28.2 Å². The summed E-state index contributed by atoms with van der Waals surface area (Å²) in [6.07, 6.45) is 0. The van der Waals surface area contributed by atoms with Gasteiger partial charge in [0.2, 0.25) is 0 Å². The number of ether oxygens (including phenoxy) is 1. The predicted octanol–water partition coefficient (Wildman–Crippen LogP) is 2.67. The van der Waals surface area contributed by atoms with Gasteiger partial charge in [-0.2, -0.15) is 0 Å². The number of piperazine rings is 1. The summed E-state index contributed by atoms with van der Waals surface area (Å²) in [5.41, 5.74) is 0. The van der Waals surface area contributed by atoms with E-state index in [2.05, 4.69) is 17.1 Å². The first-order valence-electron chi connectivity index (χ1n) is 6.19. The van der Waals surface area contributed by atoms with Gasteiger partial charge in [0.25, 0.3) is 0 Å². The van der Waals surface area contributed by atoms with Crippen LogP contribution in [-0.2, 0) is 0 Å². The molecule has 1 atom stereocenters. The summed E-state index contributed by atoms with van der Waals surface area (Å²) in [5, 5.41) is 4.58. The third-order valence-electron chi connectivity index (χ3n) is 3.12. The number of halogens is 2. The van der Waals surface area contributed by atoms with Gasteiger partial charge in [-0.3, -0.25) is 4.90 Å². The lowest BCUT2D eigenvalue weighted by molar-refractivity contribution is 0.143. The third-order valence-corrected chi connectivity index (χ3v) is 3.56. The van der Waals surface area contributed by atoms with Crippen molar-refractivity contribution < 1.29 is 4.74 Å². The molecule has 0 spiro atoms. The minimum atomic E-state index is 0.560. The summed E-state index contributed by atoms with van der Waals surface area (Å²) in [6.45, 7) is 6.97. The van der Waals surface area contributed by atoms with Crippen molar-refractivity contribution in [3.8, 4) is 5.75 Å². The smallest absolute Gasteiger partial charge is 0.122 e. The van der Waals surface area contributed by atoms with Crippen LogP contribution < -0.4 is 10.1 Å². The van der Waals surface area contributed by atoms with E-state index in [-0.39, 0.29) is 0 Å². The van der Waals surface area contributed by atoms with E-state index in [9.17, 15) is 0 Å². The highest BCUT2D eigenvalue weighted by atomic mass is 35.5. The van der Waals surface area contributed by atoms with Gasteiger partial charge >= 0.3 is 0 Å². The first-order valence-corrected chi connectivity index (χ1v) is 6.94. The quantitative estimate of drug-likeness (QED) is 0.922. The molecule has 0 aliphatic carbocycles. The Morgan fingerprint density at radius 2 is 2.06 bits per heavy atom. The molecule has 0 saturated carbocycles. The SMILES string of the molecule is C[C@H]1CNCCN1CCOc1cc(Cl)cc(Cl)c1. The van der Waals surface area contributed by atoms with Crippen molar-refractivity contribution in [1.29, 1.82) is 0 Å². The molecule has 1 fully saturated rings. The molecule has 1 saturated heterocycles. The zero-order valence-corrected chi connectivity index (χ0v) is 12.0.